The zero-order valence-electron chi connectivity index (χ0n) is 12.0. The van der Waals surface area contributed by atoms with Crippen molar-refractivity contribution in [1.82, 2.24) is 5.32 Å². The first-order valence-electron chi connectivity index (χ1n) is 7.27. The Kier molecular flexibility index (Phi) is 6.25. The van der Waals surface area contributed by atoms with Crippen molar-refractivity contribution >= 4 is 11.3 Å². The minimum atomic E-state index is 0.233. The van der Waals surface area contributed by atoms with Gasteiger partial charge in [0.25, 0.3) is 0 Å². The summed E-state index contributed by atoms with van der Waals surface area (Å²) in [6.45, 7) is 3.35. The number of aliphatic hydroxyl groups is 1. The second-order valence-corrected chi connectivity index (χ2v) is 5.98. The second kappa shape index (κ2) is 8.20. The van der Waals surface area contributed by atoms with Gasteiger partial charge < -0.3 is 10.4 Å². The van der Waals surface area contributed by atoms with E-state index < -0.39 is 0 Å². The lowest BCUT2D eigenvalue weighted by Crippen LogP contribution is -2.26. The first-order chi connectivity index (χ1) is 9.85. The number of nitrogens with one attached hydrogen (secondary N) is 1. The maximum atomic E-state index is 9.28. The first-order valence-corrected chi connectivity index (χ1v) is 8.15. The van der Waals surface area contributed by atoms with Crippen LogP contribution in [0.3, 0.4) is 0 Å². The molecule has 2 nitrogen and oxygen atoms in total. The smallest absolute Gasteiger partial charge is 0.0437 e. The van der Waals surface area contributed by atoms with Gasteiger partial charge in [-0.15, -0.1) is 11.3 Å². The van der Waals surface area contributed by atoms with Gasteiger partial charge in [-0.2, -0.15) is 0 Å². The molecule has 1 heterocycles. The molecule has 0 aliphatic carbocycles. The van der Waals surface area contributed by atoms with Crippen molar-refractivity contribution in [3.63, 3.8) is 0 Å². The van der Waals surface area contributed by atoms with Crippen molar-refractivity contribution in [3.8, 4) is 0 Å². The lowest BCUT2D eigenvalue weighted by Gasteiger charge is -2.21. The maximum absolute atomic E-state index is 9.28. The van der Waals surface area contributed by atoms with Crippen molar-refractivity contribution in [1.29, 1.82) is 0 Å². The third-order valence-corrected chi connectivity index (χ3v) is 4.64. The van der Waals surface area contributed by atoms with Gasteiger partial charge in [0, 0.05) is 24.1 Å². The lowest BCUT2D eigenvalue weighted by atomic mass is 9.95. The molecule has 2 unspecified atom stereocenters. The highest BCUT2D eigenvalue weighted by Crippen LogP contribution is 2.24. The van der Waals surface area contributed by atoms with Crippen LogP contribution in [0.5, 0.6) is 0 Å². The normalized spacial score (nSPS) is 14.1. The molecular formula is C17H23NOS. The van der Waals surface area contributed by atoms with Crippen molar-refractivity contribution in [3.05, 3.63) is 58.3 Å². The fourth-order valence-corrected chi connectivity index (χ4v) is 3.37. The number of rotatable bonds is 8. The van der Waals surface area contributed by atoms with Crippen LogP contribution >= 0.6 is 11.3 Å². The molecule has 2 rings (SSSR count). The molecule has 108 valence electrons. The van der Waals surface area contributed by atoms with E-state index in [2.05, 4.69) is 54.0 Å². The van der Waals surface area contributed by atoms with Gasteiger partial charge in [-0.05, 0) is 35.8 Å². The van der Waals surface area contributed by atoms with Crippen LogP contribution in [-0.4, -0.2) is 18.3 Å². The van der Waals surface area contributed by atoms with Gasteiger partial charge in [0.15, 0.2) is 0 Å². The van der Waals surface area contributed by atoms with Crippen LogP contribution < -0.4 is 5.32 Å². The number of aliphatic hydroxyl groups excluding tert-OH is 1. The molecule has 2 aromatic rings. The van der Waals surface area contributed by atoms with Crippen molar-refractivity contribution in [2.75, 3.05) is 13.2 Å². The Morgan fingerprint density at radius 2 is 1.95 bits per heavy atom. The number of hydrogen-bond donors (Lipinski definition) is 2. The maximum Gasteiger partial charge on any atom is 0.0437 e. The molecule has 1 aromatic heterocycles. The second-order valence-electron chi connectivity index (χ2n) is 5.00. The molecule has 0 aliphatic rings. The molecule has 2 N–H and O–H groups in total. The third-order valence-electron chi connectivity index (χ3n) is 3.65. The lowest BCUT2D eigenvalue weighted by molar-refractivity contribution is 0.272. The van der Waals surface area contributed by atoms with Gasteiger partial charge in [-0.1, -0.05) is 43.3 Å². The topological polar surface area (TPSA) is 32.3 Å². The fourth-order valence-electron chi connectivity index (χ4n) is 2.49. The van der Waals surface area contributed by atoms with E-state index in [-0.39, 0.29) is 6.61 Å². The zero-order chi connectivity index (χ0) is 14.2. The van der Waals surface area contributed by atoms with Crippen LogP contribution in [0, 0.1) is 0 Å². The summed E-state index contributed by atoms with van der Waals surface area (Å²) in [5.74, 6) is 0.371. The molecule has 0 saturated heterocycles. The number of thiophene rings is 1. The van der Waals surface area contributed by atoms with Gasteiger partial charge in [-0.3, -0.25) is 0 Å². The van der Waals surface area contributed by atoms with E-state index >= 15 is 0 Å². The molecule has 3 heteroatoms. The molecular weight excluding hydrogens is 266 g/mol. The molecule has 0 amide bonds. The average molecular weight is 289 g/mol. The van der Waals surface area contributed by atoms with Crippen molar-refractivity contribution in [2.24, 2.45) is 0 Å². The highest BCUT2D eigenvalue weighted by atomic mass is 32.1. The Balaban J connectivity index is 1.98. The summed E-state index contributed by atoms with van der Waals surface area (Å²) in [6, 6.07) is 15.2. The summed E-state index contributed by atoms with van der Waals surface area (Å²) in [4.78, 5) is 1.39. The van der Waals surface area contributed by atoms with E-state index in [0.29, 0.717) is 12.0 Å². The van der Waals surface area contributed by atoms with Gasteiger partial charge in [-0.25, -0.2) is 0 Å². The molecule has 0 fully saturated rings. The molecule has 0 radical (unpaired) electrons. The SMILES string of the molecule is CCC(NCC(CCO)c1ccccc1)c1cccs1. The van der Waals surface area contributed by atoms with E-state index in [1.54, 1.807) is 11.3 Å². The quantitative estimate of drug-likeness (QED) is 0.771. The van der Waals surface area contributed by atoms with Crippen LogP contribution in [0.4, 0.5) is 0 Å². The molecule has 1 aromatic carbocycles. The van der Waals surface area contributed by atoms with Gasteiger partial charge >= 0.3 is 0 Å². The largest absolute Gasteiger partial charge is 0.396 e. The highest BCUT2D eigenvalue weighted by molar-refractivity contribution is 7.10. The molecule has 2 atom stereocenters. The Bertz CT molecular complexity index is 469. The van der Waals surface area contributed by atoms with E-state index in [9.17, 15) is 5.11 Å². The monoisotopic (exact) mass is 289 g/mol. The first kappa shape index (κ1) is 15.2. The molecule has 0 saturated carbocycles. The van der Waals surface area contributed by atoms with Gasteiger partial charge in [0.1, 0.15) is 0 Å². The summed E-state index contributed by atoms with van der Waals surface area (Å²) in [5.41, 5.74) is 1.30. The van der Waals surface area contributed by atoms with Crippen molar-refractivity contribution in [2.45, 2.75) is 31.7 Å². The minimum absolute atomic E-state index is 0.233. The minimum Gasteiger partial charge on any atom is -0.396 e. The number of benzene rings is 1. The summed E-state index contributed by atoms with van der Waals surface area (Å²) in [5, 5.41) is 15.1. The van der Waals surface area contributed by atoms with E-state index in [1.165, 1.54) is 10.4 Å². The Morgan fingerprint density at radius 3 is 2.55 bits per heavy atom. The molecule has 20 heavy (non-hydrogen) atoms. The average Bonchev–Trinajstić information content (AvgIpc) is 3.02. The van der Waals surface area contributed by atoms with E-state index in [4.69, 9.17) is 0 Å². The third kappa shape index (κ3) is 4.17. The van der Waals surface area contributed by atoms with Crippen LogP contribution in [0.2, 0.25) is 0 Å². The van der Waals surface area contributed by atoms with Gasteiger partial charge in [0.2, 0.25) is 0 Å². The highest BCUT2D eigenvalue weighted by Gasteiger charge is 2.15. The summed E-state index contributed by atoms with van der Waals surface area (Å²) in [7, 11) is 0. The van der Waals surface area contributed by atoms with E-state index in [1.807, 2.05) is 6.07 Å². The zero-order valence-corrected chi connectivity index (χ0v) is 12.8. The number of hydrogen-bond acceptors (Lipinski definition) is 3. The van der Waals surface area contributed by atoms with Crippen LogP contribution in [0.25, 0.3) is 0 Å². The Morgan fingerprint density at radius 1 is 1.15 bits per heavy atom. The fraction of sp³-hybridized carbons (Fsp3) is 0.412. The van der Waals surface area contributed by atoms with Crippen LogP contribution in [0.1, 0.15) is 42.2 Å². The van der Waals surface area contributed by atoms with Crippen LogP contribution in [0.15, 0.2) is 47.8 Å². The predicted molar refractivity (Wildman–Crippen MR) is 86.2 cm³/mol. The Hall–Kier alpha value is -1.16. The molecule has 0 aliphatic heterocycles. The molecule has 0 bridgehead atoms. The molecule has 0 spiro atoms. The summed E-state index contributed by atoms with van der Waals surface area (Å²) >= 11 is 1.80. The van der Waals surface area contributed by atoms with Crippen molar-refractivity contribution < 1.29 is 5.11 Å². The van der Waals surface area contributed by atoms with E-state index in [0.717, 1.165) is 19.4 Å². The summed E-state index contributed by atoms with van der Waals surface area (Å²) in [6.07, 6.45) is 1.89. The standard InChI is InChI=1S/C17H23NOS/c1-2-16(17-9-6-12-20-17)18-13-15(10-11-19)14-7-4-3-5-8-14/h3-9,12,15-16,18-19H,2,10-11,13H2,1H3. The predicted octanol–water partition coefficient (Wildman–Crippen LogP) is 3.96. The van der Waals surface area contributed by atoms with Gasteiger partial charge in [0.05, 0.1) is 0 Å². The Labute approximate surface area is 125 Å². The van der Waals surface area contributed by atoms with Crippen LogP contribution in [-0.2, 0) is 0 Å². The summed E-state index contributed by atoms with van der Waals surface area (Å²) < 4.78 is 0.